The van der Waals surface area contributed by atoms with E-state index in [1.807, 2.05) is 19.1 Å². The Morgan fingerprint density at radius 3 is 2.36 bits per heavy atom. The number of hydrogen-bond donors (Lipinski definition) is 0. The van der Waals surface area contributed by atoms with Crippen LogP contribution in [0.3, 0.4) is 0 Å². The van der Waals surface area contributed by atoms with Crippen LogP contribution in [0.4, 0.5) is 0 Å². The summed E-state index contributed by atoms with van der Waals surface area (Å²) < 4.78 is 27.1. The summed E-state index contributed by atoms with van der Waals surface area (Å²) in [5.41, 5.74) is 1.99. The fraction of sp³-hybridized carbons (Fsp3) is 0.400. The third-order valence-electron chi connectivity index (χ3n) is 5.02. The van der Waals surface area contributed by atoms with Crippen molar-refractivity contribution in [1.29, 1.82) is 0 Å². The highest BCUT2D eigenvalue weighted by atomic mass is 35.5. The molecule has 0 amide bonds. The Morgan fingerprint density at radius 2 is 1.79 bits per heavy atom. The van der Waals surface area contributed by atoms with Crippen LogP contribution in [0.25, 0.3) is 0 Å². The number of rotatable bonds is 6. The first-order valence-electron chi connectivity index (χ1n) is 9.16. The summed E-state index contributed by atoms with van der Waals surface area (Å²) in [5, 5.41) is 0.559. The Balaban J connectivity index is 1.57. The Bertz CT molecular complexity index is 934. The van der Waals surface area contributed by atoms with Gasteiger partial charge in [0.1, 0.15) is 5.78 Å². The van der Waals surface area contributed by atoms with Gasteiger partial charge in [0.05, 0.1) is 4.90 Å². The molecule has 0 radical (unpaired) electrons. The molecular weight excluding hydrogens is 419 g/mol. The molecule has 5 nitrogen and oxygen atoms in total. The molecule has 28 heavy (non-hydrogen) atoms. The fourth-order valence-electron chi connectivity index (χ4n) is 3.36. The molecule has 0 spiro atoms. The topological polar surface area (TPSA) is 67.3 Å². The highest BCUT2D eigenvalue weighted by Crippen LogP contribution is 2.28. The van der Waals surface area contributed by atoms with E-state index in [0.717, 1.165) is 11.3 Å². The normalized spacial score (nSPS) is 16.2. The summed E-state index contributed by atoms with van der Waals surface area (Å²) in [6.45, 7) is 2.55. The molecule has 0 saturated carbocycles. The minimum absolute atomic E-state index is 0.0849. The van der Waals surface area contributed by atoms with Crippen molar-refractivity contribution in [1.82, 2.24) is 9.29 Å². The minimum atomic E-state index is -3.67. The van der Waals surface area contributed by atoms with Crippen molar-refractivity contribution in [3.63, 3.8) is 0 Å². The molecule has 0 bridgehead atoms. The van der Waals surface area contributed by atoms with Crippen molar-refractivity contribution in [2.24, 2.45) is 5.92 Å². The molecule has 1 saturated heterocycles. The molecule has 8 heteroatoms. The summed E-state index contributed by atoms with van der Waals surface area (Å²) in [5.74, 6) is 0.0798. The number of hydrogen-bond acceptors (Lipinski definition) is 4. The highest BCUT2D eigenvalue weighted by Gasteiger charge is 2.32. The van der Waals surface area contributed by atoms with Crippen LogP contribution in [0.15, 0.2) is 41.4 Å². The van der Waals surface area contributed by atoms with Crippen molar-refractivity contribution in [3.8, 4) is 0 Å². The van der Waals surface area contributed by atoms with Crippen LogP contribution in [0.5, 0.6) is 0 Å². The third-order valence-corrected chi connectivity index (χ3v) is 7.33. The number of benzene rings is 1. The van der Waals surface area contributed by atoms with Crippen LogP contribution in [0.2, 0.25) is 10.0 Å². The Hall–Kier alpha value is -1.47. The number of carbonyl (C=O) groups is 1. The van der Waals surface area contributed by atoms with Crippen LogP contribution < -0.4 is 0 Å². The van der Waals surface area contributed by atoms with Crippen molar-refractivity contribution in [2.75, 3.05) is 13.1 Å². The lowest BCUT2D eigenvalue weighted by Crippen LogP contribution is -2.40. The molecule has 0 aliphatic carbocycles. The lowest BCUT2D eigenvalue weighted by molar-refractivity contribution is -0.123. The van der Waals surface area contributed by atoms with E-state index in [-0.39, 0.29) is 26.6 Å². The zero-order valence-electron chi connectivity index (χ0n) is 15.6. The van der Waals surface area contributed by atoms with Gasteiger partial charge in [-0.15, -0.1) is 0 Å². The number of piperidine rings is 1. The second kappa shape index (κ2) is 8.91. The largest absolute Gasteiger partial charge is 0.299 e. The van der Waals surface area contributed by atoms with Crippen molar-refractivity contribution in [3.05, 3.63) is 57.8 Å². The van der Waals surface area contributed by atoms with E-state index < -0.39 is 10.0 Å². The van der Waals surface area contributed by atoms with Gasteiger partial charge in [-0.3, -0.25) is 9.78 Å². The van der Waals surface area contributed by atoms with Crippen LogP contribution in [-0.4, -0.2) is 36.6 Å². The lowest BCUT2D eigenvalue weighted by Gasteiger charge is -2.30. The van der Waals surface area contributed by atoms with Gasteiger partial charge in [-0.25, -0.2) is 8.42 Å². The number of pyridine rings is 1. The van der Waals surface area contributed by atoms with E-state index in [1.54, 1.807) is 6.20 Å². The van der Waals surface area contributed by atoms with E-state index in [2.05, 4.69) is 4.98 Å². The van der Waals surface area contributed by atoms with Crippen LogP contribution in [0.1, 0.15) is 30.5 Å². The second-order valence-corrected chi connectivity index (χ2v) is 9.87. The average Bonchev–Trinajstić information content (AvgIpc) is 2.66. The molecule has 1 aliphatic rings. The quantitative estimate of drug-likeness (QED) is 0.671. The molecule has 1 fully saturated rings. The summed E-state index contributed by atoms with van der Waals surface area (Å²) in [6, 6.07) is 8.22. The summed E-state index contributed by atoms with van der Waals surface area (Å²) in [7, 11) is -3.67. The molecule has 1 aromatic carbocycles. The van der Waals surface area contributed by atoms with Crippen LogP contribution in [-0.2, 0) is 21.2 Å². The van der Waals surface area contributed by atoms with E-state index in [1.165, 1.54) is 22.5 Å². The SMILES string of the molecule is Cc1ccc(CCC(=O)C2CCN(S(=O)(=O)c3cc(Cl)cc(Cl)c3)CC2)cn1. The maximum Gasteiger partial charge on any atom is 0.243 e. The van der Waals surface area contributed by atoms with E-state index in [9.17, 15) is 13.2 Å². The van der Waals surface area contributed by atoms with Gasteiger partial charge < -0.3 is 0 Å². The maximum atomic E-state index is 12.8. The monoisotopic (exact) mass is 440 g/mol. The predicted molar refractivity (Wildman–Crippen MR) is 110 cm³/mol. The smallest absolute Gasteiger partial charge is 0.243 e. The molecule has 150 valence electrons. The van der Waals surface area contributed by atoms with Crippen LogP contribution >= 0.6 is 23.2 Å². The molecule has 0 unspecified atom stereocenters. The number of sulfonamides is 1. The zero-order valence-corrected chi connectivity index (χ0v) is 17.9. The first kappa shape index (κ1) is 21.2. The average molecular weight is 441 g/mol. The maximum absolute atomic E-state index is 12.8. The zero-order chi connectivity index (χ0) is 20.3. The molecule has 2 aromatic rings. The summed E-state index contributed by atoms with van der Waals surface area (Å²) >= 11 is 11.9. The molecule has 1 aliphatic heterocycles. The van der Waals surface area contributed by atoms with E-state index in [4.69, 9.17) is 23.2 Å². The number of halogens is 2. The van der Waals surface area contributed by atoms with Gasteiger partial charge in [0.2, 0.25) is 10.0 Å². The van der Waals surface area contributed by atoms with E-state index >= 15 is 0 Å². The Morgan fingerprint density at radius 1 is 1.14 bits per heavy atom. The number of Topliss-reactive ketones (excluding diaryl/α,β-unsaturated/α-hetero) is 1. The summed E-state index contributed by atoms with van der Waals surface area (Å²) in [6.07, 6.45) is 3.96. The standard InChI is InChI=1S/C20H22Cl2N2O3S/c1-14-2-3-15(13-23-14)4-5-20(25)16-6-8-24(9-7-16)28(26,27)19-11-17(21)10-18(22)12-19/h2-3,10-13,16H,4-9H2,1H3. The number of aryl methyl sites for hydroxylation is 2. The molecule has 0 N–H and O–H groups in total. The fourth-order valence-corrected chi connectivity index (χ4v) is 5.56. The van der Waals surface area contributed by atoms with Crippen molar-refractivity contribution < 1.29 is 13.2 Å². The lowest BCUT2D eigenvalue weighted by atomic mass is 9.90. The molecule has 1 aromatic heterocycles. The number of carbonyl (C=O) groups excluding carboxylic acids is 1. The molecular formula is C20H22Cl2N2O3S. The van der Waals surface area contributed by atoms with Gasteiger partial charge in [-0.05, 0) is 56.0 Å². The number of ketones is 1. The first-order valence-corrected chi connectivity index (χ1v) is 11.4. The van der Waals surface area contributed by atoms with Gasteiger partial charge in [0, 0.05) is 47.4 Å². The van der Waals surface area contributed by atoms with Gasteiger partial charge in [-0.1, -0.05) is 29.3 Å². The molecule has 3 rings (SSSR count). The van der Waals surface area contributed by atoms with Crippen molar-refractivity contribution >= 4 is 39.0 Å². The Labute approximate surface area is 175 Å². The second-order valence-electron chi connectivity index (χ2n) is 7.06. The van der Waals surface area contributed by atoms with Gasteiger partial charge in [0.15, 0.2) is 0 Å². The van der Waals surface area contributed by atoms with Crippen molar-refractivity contribution in [2.45, 2.75) is 37.5 Å². The van der Waals surface area contributed by atoms with Crippen LogP contribution in [0, 0.1) is 12.8 Å². The first-order chi connectivity index (χ1) is 13.3. The van der Waals surface area contributed by atoms with Gasteiger partial charge in [-0.2, -0.15) is 4.31 Å². The van der Waals surface area contributed by atoms with Gasteiger partial charge in [0.25, 0.3) is 0 Å². The van der Waals surface area contributed by atoms with Gasteiger partial charge >= 0.3 is 0 Å². The molecule has 0 atom stereocenters. The minimum Gasteiger partial charge on any atom is -0.299 e. The number of nitrogens with zero attached hydrogens (tertiary/aromatic N) is 2. The Kier molecular flexibility index (Phi) is 6.76. The predicted octanol–water partition coefficient (Wildman–Crippen LogP) is 4.30. The third kappa shape index (κ3) is 5.11. The van der Waals surface area contributed by atoms with E-state index in [0.29, 0.717) is 38.8 Å². The summed E-state index contributed by atoms with van der Waals surface area (Å²) in [4.78, 5) is 16.9. The number of aromatic nitrogens is 1. The highest BCUT2D eigenvalue weighted by molar-refractivity contribution is 7.89. The molecule has 2 heterocycles.